The second-order valence-electron chi connectivity index (χ2n) is 9.54. The monoisotopic (exact) mass is 515 g/mol. The van der Waals surface area contributed by atoms with Crippen molar-refractivity contribution >= 4 is 22.0 Å². The fraction of sp³-hybridized carbons (Fsp3) is 0.360. The number of H-pyrrole nitrogens is 1. The summed E-state index contributed by atoms with van der Waals surface area (Å²) in [6.07, 6.45) is 2.88. The number of hydrogen-bond acceptors (Lipinski definition) is 3. The minimum Gasteiger partial charge on any atom is -0.444 e. The molecule has 1 aliphatic heterocycles. The van der Waals surface area contributed by atoms with E-state index in [1.165, 1.54) is 12.1 Å². The van der Waals surface area contributed by atoms with Gasteiger partial charge >= 0.3 is 6.09 Å². The van der Waals surface area contributed by atoms with Crippen LogP contribution in [0.15, 0.2) is 47.1 Å². The number of carbonyl (C=O) groups excluding carboxylic acids is 1. The maximum absolute atomic E-state index is 15.2. The van der Waals surface area contributed by atoms with Gasteiger partial charge in [-0.15, -0.1) is 0 Å². The number of nitrogens with one attached hydrogen (secondary N) is 1. The van der Waals surface area contributed by atoms with E-state index in [-0.39, 0.29) is 23.3 Å². The van der Waals surface area contributed by atoms with E-state index in [1.807, 2.05) is 26.8 Å². The maximum atomic E-state index is 15.2. The number of rotatable bonds is 2. The van der Waals surface area contributed by atoms with Gasteiger partial charge in [0.2, 0.25) is 0 Å². The van der Waals surface area contributed by atoms with Crippen molar-refractivity contribution < 1.29 is 18.3 Å². The summed E-state index contributed by atoms with van der Waals surface area (Å²) in [5.41, 5.74) is 1.76. The second kappa shape index (κ2) is 7.65. The van der Waals surface area contributed by atoms with E-state index in [0.717, 1.165) is 12.8 Å². The number of likely N-dealkylation sites (tertiary alicyclic amines) is 1. The Morgan fingerprint density at radius 3 is 2.61 bits per heavy atom. The van der Waals surface area contributed by atoms with Gasteiger partial charge in [-0.25, -0.2) is 9.78 Å². The van der Waals surface area contributed by atoms with Gasteiger partial charge in [-0.1, -0.05) is 34.1 Å². The van der Waals surface area contributed by atoms with Crippen molar-refractivity contribution in [2.75, 3.05) is 6.54 Å². The van der Waals surface area contributed by atoms with Crippen molar-refractivity contribution in [3.8, 4) is 22.4 Å². The van der Waals surface area contributed by atoms with Crippen LogP contribution < -0.4 is 0 Å². The lowest BCUT2D eigenvalue weighted by Gasteiger charge is -2.27. The minimum atomic E-state index is -3.08. The highest BCUT2D eigenvalue weighted by molar-refractivity contribution is 9.10. The number of imidazole rings is 1. The number of carbonyl (C=O) groups is 1. The van der Waals surface area contributed by atoms with E-state index >= 15 is 8.78 Å². The Labute approximate surface area is 199 Å². The highest BCUT2D eigenvalue weighted by Crippen LogP contribution is 2.52. The Balaban J connectivity index is 1.44. The standard InChI is InChI=1S/C25H24BrF2N3O2/c1-24(2,3)33-23(32)31-10-4-5-21(31)22-29-13-20(30-22)14-6-8-16-17-9-7-15(26)12-19(17)25(27,28)18(16)11-14/h6-9,11-13,21H,4-5,10H2,1-3H3,(H,29,30)/t21-/m0/s1. The SMILES string of the molecule is CC(C)(C)OC(=O)N1CCC[C@H]1c1ncc(-c2ccc3c(c2)C(F)(F)c2cc(Br)ccc2-3)[nH]1. The predicted octanol–water partition coefficient (Wildman–Crippen LogP) is 7.03. The molecule has 172 valence electrons. The number of amides is 1. The number of aromatic nitrogens is 2. The lowest BCUT2D eigenvalue weighted by molar-refractivity contribution is 0.0218. The zero-order chi connectivity index (χ0) is 23.5. The lowest BCUT2D eigenvalue weighted by atomic mass is 10.0. The molecular formula is C25H24BrF2N3O2. The van der Waals surface area contributed by atoms with Crippen LogP contribution in [0.3, 0.4) is 0 Å². The Hall–Kier alpha value is -2.74. The van der Waals surface area contributed by atoms with Crippen LogP contribution in [0.4, 0.5) is 13.6 Å². The number of nitrogens with zero attached hydrogens (tertiary/aromatic N) is 2. The fourth-order valence-corrected chi connectivity index (χ4v) is 4.97. The van der Waals surface area contributed by atoms with Crippen molar-refractivity contribution in [1.82, 2.24) is 14.9 Å². The van der Waals surface area contributed by atoms with Crippen molar-refractivity contribution in [2.24, 2.45) is 0 Å². The Morgan fingerprint density at radius 2 is 1.88 bits per heavy atom. The third-order valence-electron chi connectivity index (χ3n) is 6.07. The topological polar surface area (TPSA) is 58.2 Å². The number of halogens is 3. The van der Waals surface area contributed by atoms with E-state index in [4.69, 9.17) is 4.74 Å². The van der Waals surface area contributed by atoms with Gasteiger partial charge in [-0.05, 0) is 62.9 Å². The molecule has 1 atom stereocenters. The first-order valence-electron chi connectivity index (χ1n) is 10.9. The van der Waals surface area contributed by atoms with Crippen molar-refractivity contribution in [2.45, 2.75) is 51.2 Å². The summed E-state index contributed by atoms with van der Waals surface area (Å²) in [6.45, 7) is 6.10. The van der Waals surface area contributed by atoms with Crippen LogP contribution in [0.1, 0.15) is 56.6 Å². The molecule has 1 aromatic heterocycles. The number of fused-ring (bicyclic) bond motifs is 3. The van der Waals surface area contributed by atoms with Gasteiger partial charge in [0.05, 0.1) is 17.9 Å². The van der Waals surface area contributed by atoms with E-state index in [1.54, 1.807) is 29.3 Å². The number of ether oxygens (including phenoxy) is 1. The molecule has 1 saturated heterocycles. The van der Waals surface area contributed by atoms with Gasteiger partial charge < -0.3 is 9.72 Å². The Bertz CT molecular complexity index is 1250. The van der Waals surface area contributed by atoms with Gasteiger partial charge in [0.1, 0.15) is 11.4 Å². The minimum absolute atomic E-state index is 0.00767. The molecule has 2 aliphatic rings. The van der Waals surface area contributed by atoms with Crippen LogP contribution >= 0.6 is 15.9 Å². The third kappa shape index (κ3) is 3.84. The summed E-state index contributed by atoms with van der Waals surface area (Å²) in [7, 11) is 0. The van der Waals surface area contributed by atoms with Gasteiger partial charge in [0.25, 0.3) is 5.92 Å². The van der Waals surface area contributed by atoms with E-state index in [2.05, 4.69) is 25.9 Å². The first-order chi connectivity index (χ1) is 15.5. The summed E-state index contributed by atoms with van der Waals surface area (Å²) in [5.74, 6) is -2.44. The smallest absolute Gasteiger partial charge is 0.410 e. The molecule has 2 aromatic carbocycles. The van der Waals surface area contributed by atoms with E-state index in [9.17, 15) is 4.79 Å². The highest BCUT2D eigenvalue weighted by atomic mass is 79.9. The molecule has 0 radical (unpaired) electrons. The van der Waals surface area contributed by atoms with Gasteiger partial charge in [-0.2, -0.15) is 8.78 Å². The van der Waals surface area contributed by atoms with Crippen LogP contribution in [0.25, 0.3) is 22.4 Å². The zero-order valence-corrected chi connectivity index (χ0v) is 20.2. The summed E-state index contributed by atoms with van der Waals surface area (Å²) in [6, 6.07) is 9.84. The molecule has 1 fully saturated rings. The quantitative estimate of drug-likeness (QED) is 0.398. The normalized spacial score (nSPS) is 18.8. The van der Waals surface area contributed by atoms with Crippen LogP contribution in [0.5, 0.6) is 0 Å². The molecular weight excluding hydrogens is 492 g/mol. The molecule has 33 heavy (non-hydrogen) atoms. The number of aromatic amines is 1. The first kappa shape index (κ1) is 22.1. The van der Waals surface area contributed by atoms with Crippen molar-refractivity contribution in [3.63, 3.8) is 0 Å². The molecule has 1 aliphatic carbocycles. The van der Waals surface area contributed by atoms with Gasteiger partial charge in [-0.3, -0.25) is 4.90 Å². The maximum Gasteiger partial charge on any atom is 0.410 e. The van der Waals surface area contributed by atoms with Gasteiger partial charge in [0.15, 0.2) is 0 Å². The largest absolute Gasteiger partial charge is 0.444 e. The number of hydrogen-bond donors (Lipinski definition) is 1. The summed E-state index contributed by atoms with van der Waals surface area (Å²) < 4.78 is 36.6. The first-order valence-corrected chi connectivity index (χ1v) is 11.7. The predicted molar refractivity (Wildman–Crippen MR) is 125 cm³/mol. The summed E-state index contributed by atoms with van der Waals surface area (Å²) in [5, 5.41) is 0. The molecule has 0 saturated carbocycles. The molecule has 0 unspecified atom stereocenters. The molecule has 0 bridgehead atoms. The van der Waals surface area contributed by atoms with E-state index in [0.29, 0.717) is 39.2 Å². The van der Waals surface area contributed by atoms with E-state index < -0.39 is 11.5 Å². The molecule has 2 heterocycles. The number of alkyl halides is 2. The molecule has 5 nitrogen and oxygen atoms in total. The average Bonchev–Trinajstić information content (AvgIpc) is 3.45. The Kier molecular flexibility index (Phi) is 5.12. The highest BCUT2D eigenvalue weighted by Gasteiger charge is 2.44. The van der Waals surface area contributed by atoms with Crippen LogP contribution in [-0.2, 0) is 10.7 Å². The average molecular weight is 516 g/mol. The molecule has 3 aromatic rings. The fourth-order valence-electron chi connectivity index (χ4n) is 4.61. The van der Waals surface area contributed by atoms with Crippen LogP contribution in [-0.4, -0.2) is 33.1 Å². The van der Waals surface area contributed by atoms with Crippen LogP contribution in [0.2, 0.25) is 0 Å². The second-order valence-corrected chi connectivity index (χ2v) is 10.5. The molecule has 0 spiro atoms. The molecule has 8 heteroatoms. The van der Waals surface area contributed by atoms with Crippen LogP contribution in [0, 0.1) is 0 Å². The molecule has 5 rings (SSSR count). The third-order valence-corrected chi connectivity index (χ3v) is 6.56. The lowest BCUT2D eigenvalue weighted by Crippen LogP contribution is -2.36. The van der Waals surface area contributed by atoms with Crippen molar-refractivity contribution in [3.05, 3.63) is 64.0 Å². The summed E-state index contributed by atoms with van der Waals surface area (Å²) >= 11 is 3.29. The van der Waals surface area contributed by atoms with Gasteiger partial charge in [0, 0.05) is 27.7 Å². The Morgan fingerprint density at radius 1 is 1.18 bits per heavy atom. The molecule has 1 N–H and O–H groups in total. The zero-order valence-electron chi connectivity index (χ0n) is 18.6. The summed E-state index contributed by atoms with van der Waals surface area (Å²) in [4.78, 5) is 22.0. The van der Waals surface area contributed by atoms with Crippen molar-refractivity contribution in [1.29, 1.82) is 0 Å². The number of benzene rings is 2. The molecule has 1 amide bonds.